The number of nitrogens with zero attached hydrogens (tertiary/aromatic N) is 4. The summed E-state index contributed by atoms with van der Waals surface area (Å²) in [4.78, 5) is 26.2. The van der Waals surface area contributed by atoms with Crippen LogP contribution in [0.4, 0.5) is 24.7 Å². The molecule has 3 N–H and O–H groups in total. The van der Waals surface area contributed by atoms with E-state index in [4.69, 9.17) is 14.6 Å². The van der Waals surface area contributed by atoms with Crippen LogP contribution in [-0.2, 0) is 12.7 Å². The Morgan fingerprint density at radius 3 is 2.55 bits per heavy atom. The van der Waals surface area contributed by atoms with Crippen molar-refractivity contribution >= 4 is 23.6 Å². The maximum atomic E-state index is 14.1. The zero-order valence-corrected chi connectivity index (χ0v) is 24.5. The average Bonchev–Trinajstić information content (AvgIpc) is 3.54. The van der Waals surface area contributed by atoms with Gasteiger partial charge in [0.15, 0.2) is 5.82 Å². The van der Waals surface area contributed by atoms with E-state index in [1.165, 1.54) is 30.7 Å². The lowest BCUT2D eigenvalue weighted by Gasteiger charge is -2.33. The summed E-state index contributed by atoms with van der Waals surface area (Å²) in [5.41, 5.74) is 1.12. The molecule has 5 rings (SSSR count). The van der Waals surface area contributed by atoms with E-state index in [-0.39, 0.29) is 40.6 Å². The molecule has 1 aliphatic heterocycles. The largest absolute Gasteiger partial charge is 0.472 e. The van der Waals surface area contributed by atoms with Crippen molar-refractivity contribution in [3.05, 3.63) is 82.8 Å². The Labute approximate surface area is 252 Å². The third-order valence-electron chi connectivity index (χ3n) is 7.39. The number of rotatable bonds is 9. The highest BCUT2D eigenvalue weighted by Crippen LogP contribution is 2.35. The predicted octanol–water partition coefficient (Wildman–Crippen LogP) is 5.90. The van der Waals surface area contributed by atoms with Gasteiger partial charge in [-0.15, -0.1) is 0 Å². The number of benzene rings is 2. The van der Waals surface area contributed by atoms with Gasteiger partial charge in [0.2, 0.25) is 5.88 Å². The number of carbonyl (C=O) groups excluding carboxylic acids is 1. The summed E-state index contributed by atoms with van der Waals surface area (Å²) in [6.07, 6.45) is -0.577. The highest BCUT2D eigenvalue weighted by Gasteiger charge is 2.34. The summed E-state index contributed by atoms with van der Waals surface area (Å²) in [6.45, 7) is 4.89. The number of nitrogens with one attached hydrogen (secondary N) is 3. The Hall–Kier alpha value is -4.75. The van der Waals surface area contributed by atoms with E-state index in [2.05, 4.69) is 25.5 Å². The van der Waals surface area contributed by atoms with Crippen LogP contribution < -0.4 is 15.4 Å². The Kier molecular flexibility index (Phi) is 8.97. The Morgan fingerprint density at radius 1 is 1.11 bits per heavy atom. The van der Waals surface area contributed by atoms with Crippen LogP contribution in [-0.4, -0.2) is 72.2 Å². The van der Waals surface area contributed by atoms with Crippen molar-refractivity contribution in [2.24, 2.45) is 0 Å². The number of alkyl halides is 3. The number of hydrogen-bond donors (Lipinski definition) is 3. The molecular formula is C31H32F3N7O3. The summed E-state index contributed by atoms with van der Waals surface area (Å²) in [5.74, 6) is 0.385. The van der Waals surface area contributed by atoms with Crippen molar-refractivity contribution < 1.29 is 27.1 Å². The van der Waals surface area contributed by atoms with Crippen LogP contribution in [0.25, 0.3) is 11.4 Å². The molecule has 1 fully saturated rings. The molecule has 0 spiro atoms. The number of ether oxygens (including phenoxy) is 1. The monoisotopic (exact) mass is 607 g/mol. The minimum absolute atomic E-state index is 0.0257. The predicted molar refractivity (Wildman–Crippen MR) is 161 cm³/mol. The molecule has 1 saturated heterocycles. The first kappa shape index (κ1) is 30.7. The highest BCUT2D eigenvalue weighted by atomic mass is 19.4. The lowest BCUT2D eigenvalue weighted by molar-refractivity contribution is -0.138. The number of amides is 1. The van der Waals surface area contributed by atoms with Crippen molar-refractivity contribution in [2.75, 3.05) is 50.9 Å². The second-order valence-corrected chi connectivity index (χ2v) is 10.5. The van der Waals surface area contributed by atoms with Gasteiger partial charge in [-0.05, 0) is 55.4 Å². The average molecular weight is 608 g/mol. The minimum atomic E-state index is -4.58. The second-order valence-electron chi connectivity index (χ2n) is 10.5. The smallest absolute Gasteiger partial charge is 0.416 e. The van der Waals surface area contributed by atoms with Gasteiger partial charge >= 0.3 is 6.18 Å². The van der Waals surface area contributed by atoms with Gasteiger partial charge in [-0.25, -0.2) is 4.98 Å². The number of furan rings is 1. The standard InChI is InChI=1S/C31H32F3N7O3/c1-19-4-5-20(14-26(19)44-30-24(16-35)28(36-2)38-27(39-30)22-8-13-43-18-22)29(42)37-23-7-6-21(25(15-23)31(32,33)34)17-41-11-9-40(3)10-12-41/h4-8,13-16,18,35H,9-12,17H2,1-3H3,(H,37,42)(H,36,38,39). The molecule has 230 valence electrons. The van der Waals surface area contributed by atoms with Crippen LogP contribution in [0.5, 0.6) is 11.6 Å². The number of halogens is 3. The van der Waals surface area contributed by atoms with E-state index in [1.54, 1.807) is 32.2 Å². The Bertz CT molecular complexity index is 1650. The maximum Gasteiger partial charge on any atom is 0.416 e. The molecule has 0 saturated carbocycles. The van der Waals surface area contributed by atoms with E-state index < -0.39 is 17.6 Å². The summed E-state index contributed by atoms with van der Waals surface area (Å²) in [7, 11) is 3.64. The first-order valence-corrected chi connectivity index (χ1v) is 13.9. The topological polar surface area (TPSA) is 120 Å². The molecule has 0 radical (unpaired) electrons. The van der Waals surface area contributed by atoms with Crippen LogP contribution in [0, 0.1) is 12.3 Å². The lowest BCUT2D eigenvalue weighted by Crippen LogP contribution is -2.44. The van der Waals surface area contributed by atoms with Crippen LogP contribution in [0.1, 0.15) is 32.6 Å². The number of aromatic nitrogens is 2. The number of aryl methyl sites for hydroxylation is 1. The summed E-state index contributed by atoms with van der Waals surface area (Å²) in [5, 5.41) is 13.4. The number of anilines is 2. The molecule has 1 amide bonds. The third-order valence-corrected chi connectivity index (χ3v) is 7.39. The molecule has 0 aliphatic carbocycles. The molecule has 0 bridgehead atoms. The van der Waals surface area contributed by atoms with Gasteiger partial charge in [-0.2, -0.15) is 18.2 Å². The van der Waals surface area contributed by atoms with Crippen molar-refractivity contribution in [1.82, 2.24) is 19.8 Å². The van der Waals surface area contributed by atoms with Gasteiger partial charge in [0.25, 0.3) is 5.91 Å². The molecule has 2 aromatic heterocycles. The molecule has 0 atom stereocenters. The van der Waals surface area contributed by atoms with Gasteiger partial charge in [0, 0.05) is 57.2 Å². The van der Waals surface area contributed by atoms with Crippen molar-refractivity contribution in [2.45, 2.75) is 19.6 Å². The van der Waals surface area contributed by atoms with E-state index in [0.717, 1.165) is 25.4 Å². The number of carbonyl (C=O) groups is 1. The molecular weight excluding hydrogens is 575 g/mol. The van der Waals surface area contributed by atoms with E-state index in [9.17, 15) is 18.0 Å². The summed E-state index contributed by atoms with van der Waals surface area (Å²) in [6, 6.07) is 10.3. The van der Waals surface area contributed by atoms with Gasteiger partial charge in [-0.1, -0.05) is 12.1 Å². The van der Waals surface area contributed by atoms with E-state index >= 15 is 0 Å². The number of likely N-dealkylation sites (N-methyl/N-ethyl adjacent to an activating group) is 1. The molecule has 0 unspecified atom stereocenters. The van der Waals surface area contributed by atoms with Crippen molar-refractivity contribution in [3.8, 4) is 23.0 Å². The van der Waals surface area contributed by atoms with Crippen molar-refractivity contribution in [1.29, 1.82) is 5.41 Å². The fraction of sp³-hybridized carbons (Fsp3) is 0.290. The Morgan fingerprint density at radius 2 is 1.89 bits per heavy atom. The molecule has 44 heavy (non-hydrogen) atoms. The van der Waals surface area contributed by atoms with E-state index in [0.29, 0.717) is 35.9 Å². The van der Waals surface area contributed by atoms with Crippen LogP contribution >= 0.6 is 0 Å². The third kappa shape index (κ3) is 6.90. The van der Waals surface area contributed by atoms with Gasteiger partial charge in [0.05, 0.1) is 23.0 Å². The van der Waals surface area contributed by atoms with Gasteiger partial charge in [-0.3, -0.25) is 9.69 Å². The van der Waals surface area contributed by atoms with Crippen LogP contribution in [0.15, 0.2) is 59.4 Å². The Balaban J connectivity index is 1.39. The summed E-state index contributed by atoms with van der Waals surface area (Å²) < 4.78 is 53.4. The zero-order valence-electron chi connectivity index (χ0n) is 24.5. The maximum absolute atomic E-state index is 14.1. The lowest BCUT2D eigenvalue weighted by atomic mass is 10.0. The molecule has 2 aromatic carbocycles. The molecule has 4 aromatic rings. The van der Waals surface area contributed by atoms with Crippen LogP contribution in [0.2, 0.25) is 0 Å². The molecule has 13 heteroatoms. The summed E-state index contributed by atoms with van der Waals surface area (Å²) >= 11 is 0. The highest BCUT2D eigenvalue weighted by molar-refractivity contribution is 6.04. The quantitative estimate of drug-likeness (QED) is 0.202. The van der Waals surface area contributed by atoms with Crippen LogP contribution in [0.3, 0.4) is 0 Å². The molecule has 1 aliphatic rings. The van der Waals surface area contributed by atoms with Gasteiger partial charge in [0.1, 0.15) is 17.8 Å². The first-order chi connectivity index (χ1) is 21.0. The molecule has 10 nitrogen and oxygen atoms in total. The normalized spacial score (nSPS) is 14.3. The molecule has 3 heterocycles. The zero-order chi connectivity index (χ0) is 31.4. The number of hydrogen-bond acceptors (Lipinski definition) is 9. The second kappa shape index (κ2) is 12.9. The number of piperazine rings is 1. The fourth-order valence-corrected chi connectivity index (χ4v) is 4.83. The SMILES string of the molecule is CNc1nc(-c2ccoc2)nc(Oc2cc(C(=O)Nc3ccc(CN4CCN(C)CC4)c(C(F)(F)F)c3)ccc2C)c1C=N. The first-order valence-electron chi connectivity index (χ1n) is 13.9. The fourth-order valence-electron chi connectivity index (χ4n) is 4.83. The van der Waals surface area contributed by atoms with E-state index in [1.807, 2.05) is 11.9 Å². The van der Waals surface area contributed by atoms with Crippen molar-refractivity contribution in [3.63, 3.8) is 0 Å². The minimum Gasteiger partial charge on any atom is -0.472 e. The van der Waals surface area contributed by atoms with Gasteiger partial charge < -0.3 is 30.1 Å².